The quantitative estimate of drug-likeness (QED) is 0.161. The van der Waals surface area contributed by atoms with Gasteiger partial charge < -0.3 is 0 Å². The van der Waals surface area contributed by atoms with Gasteiger partial charge in [-0.1, -0.05) is 116 Å². The number of rotatable bonds is 6. The Bertz CT molecular complexity index is 2560. The van der Waals surface area contributed by atoms with Gasteiger partial charge in [-0.25, -0.2) is 0 Å². The Morgan fingerprint density at radius 3 is 2.00 bits per heavy atom. The van der Waals surface area contributed by atoms with Crippen LogP contribution >= 0.6 is 22.7 Å². The molecule has 3 heterocycles. The number of thiophene rings is 2. The van der Waals surface area contributed by atoms with E-state index in [-0.39, 0.29) is 0 Å². The van der Waals surface area contributed by atoms with Gasteiger partial charge in [0, 0.05) is 36.5 Å². The third-order valence-electron chi connectivity index (χ3n) is 10.1. The zero-order valence-corrected chi connectivity index (χ0v) is 29.1. The fraction of sp³-hybridized carbons (Fsp3) is 0.109. The van der Waals surface area contributed by atoms with Crippen LogP contribution in [0.15, 0.2) is 128 Å². The van der Waals surface area contributed by atoms with Crippen molar-refractivity contribution < 1.29 is 0 Å². The lowest BCUT2D eigenvalue weighted by atomic mass is 9.92. The van der Waals surface area contributed by atoms with E-state index in [0.717, 1.165) is 42.5 Å². The summed E-state index contributed by atoms with van der Waals surface area (Å²) in [6.07, 6.45) is 22.2. The molecule has 0 saturated heterocycles. The Balaban J connectivity index is 1.06. The fourth-order valence-corrected chi connectivity index (χ4v) is 10.3. The molecule has 0 atom stereocenters. The van der Waals surface area contributed by atoms with Gasteiger partial charge in [0.05, 0.1) is 5.69 Å². The summed E-state index contributed by atoms with van der Waals surface area (Å²) in [7, 11) is 0. The molecule has 7 aromatic rings. The number of aryl methyl sites for hydroxylation is 2. The normalized spacial score (nSPS) is 14.5. The highest BCUT2D eigenvalue weighted by atomic mass is 32.1. The first-order valence-electron chi connectivity index (χ1n) is 17.1. The maximum absolute atomic E-state index is 5.03. The number of allylic oxidation sites excluding steroid dienone is 7. The van der Waals surface area contributed by atoms with Gasteiger partial charge in [0.1, 0.15) is 0 Å². The van der Waals surface area contributed by atoms with E-state index in [1.165, 1.54) is 79.7 Å². The van der Waals surface area contributed by atoms with Crippen molar-refractivity contribution in [3.05, 3.63) is 160 Å². The van der Waals surface area contributed by atoms with Gasteiger partial charge in [0.25, 0.3) is 0 Å². The van der Waals surface area contributed by atoms with E-state index in [2.05, 4.69) is 135 Å². The molecule has 2 aliphatic rings. The van der Waals surface area contributed by atoms with Crippen LogP contribution in [0.4, 0.5) is 0 Å². The maximum atomic E-state index is 5.03. The number of nitrogens with zero attached hydrogens (tertiary/aromatic N) is 1. The molecular formula is C46H35NS2. The summed E-state index contributed by atoms with van der Waals surface area (Å²) in [5.41, 5.74) is 12.4. The van der Waals surface area contributed by atoms with Crippen molar-refractivity contribution in [3.63, 3.8) is 0 Å². The highest BCUT2D eigenvalue weighted by molar-refractivity contribution is 7.21. The van der Waals surface area contributed by atoms with Crippen LogP contribution < -0.4 is 0 Å². The summed E-state index contributed by atoms with van der Waals surface area (Å²) in [5.74, 6) is 0. The lowest BCUT2D eigenvalue weighted by molar-refractivity contribution is 1.01. The Labute approximate surface area is 295 Å². The van der Waals surface area contributed by atoms with Crippen LogP contribution in [0.5, 0.6) is 0 Å². The minimum absolute atomic E-state index is 1.02. The molecule has 3 heteroatoms. The second-order valence-electron chi connectivity index (χ2n) is 13.0. The molecule has 0 saturated carbocycles. The second kappa shape index (κ2) is 12.4. The molecule has 236 valence electrons. The highest BCUT2D eigenvalue weighted by Crippen LogP contribution is 2.42. The predicted octanol–water partition coefficient (Wildman–Crippen LogP) is 13.6. The number of pyridine rings is 1. The van der Waals surface area contributed by atoms with E-state index in [1.54, 1.807) is 0 Å². The molecule has 0 aliphatic heterocycles. The van der Waals surface area contributed by atoms with E-state index in [4.69, 9.17) is 4.98 Å². The van der Waals surface area contributed by atoms with Gasteiger partial charge in [-0.2, -0.15) is 0 Å². The topological polar surface area (TPSA) is 12.9 Å². The van der Waals surface area contributed by atoms with E-state index < -0.39 is 0 Å². The molecule has 0 N–H and O–H groups in total. The summed E-state index contributed by atoms with van der Waals surface area (Å²) in [6.45, 7) is 6.46. The van der Waals surface area contributed by atoms with E-state index >= 15 is 0 Å². The van der Waals surface area contributed by atoms with Crippen molar-refractivity contribution in [1.29, 1.82) is 0 Å². The van der Waals surface area contributed by atoms with Crippen LogP contribution in [0.2, 0.25) is 0 Å². The predicted molar refractivity (Wildman–Crippen MR) is 216 cm³/mol. The standard InChI is InChI=1S/C46H35NS2/c1-3-30(25-24-29(2)32-14-8-19-39-37-12-4-6-22-43(37)48-45(32)39)33-15-9-18-36-34(16-10-17-35(33)36)31-26-27-42(47-28-31)41-21-11-20-40-38-13-5-7-23-44(38)49-46(40)41/h3,6-11,14-28H,1,4-5,12-13H2,2H3/b29-24+,30-25+. The lowest BCUT2D eigenvalue weighted by Crippen LogP contribution is -1.90. The Hall–Kier alpha value is -5.09. The smallest absolute Gasteiger partial charge is 0.0716 e. The zero-order chi connectivity index (χ0) is 32.9. The minimum atomic E-state index is 1.02. The molecule has 3 aromatic heterocycles. The Morgan fingerprint density at radius 1 is 0.653 bits per heavy atom. The first kappa shape index (κ1) is 30.0. The van der Waals surface area contributed by atoms with Crippen LogP contribution in [0.3, 0.4) is 0 Å². The van der Waals surface area contributed by atoms with Gasteiger partial charge in [0.15, 0.2) is 0 Å². The molecule has 4 aromatic carbocycles. The molecule has 0 bridgehead atoms. The Morgan fingerprint density at radius 2 is 1.29 bits per heavy atom. The highest BCUT2D eigenvalue weighted by Gasteiger charge is 2.18. The van der Waals surface area contributed by atoms with Gasteiger partial charge >= 0.3 is 0 Å². The number of hydrogen-bond acceptors (Lipinski definition) is 3. The van der Waals surface area contributed by atoms with Crippen molar-refractivity contribution >= 4 is 76.9 Å². The summed E-state index contributed by atoms with van der Waals surface area (Å²) >= 11 is 3.82. The van der Waals surface area contributed by atoms with Crippen molar-refractivity contribution in [3.8, 4) is 22.4 Å². The third-order valence-corrected chi connectivity index (χ3v) is 12.6. The van der Waals surface area contributed by atoms with Crippen molar-refractivity contribution in [2.75, 3.05) is 0 Å². The largest absolute Gasteiger partial charge is 0.256 e. The second-order valence-corrected chi connectivity index (χ2v) is 15.1. The third kappa shape index (κ3) is 5.17. The summed E-state index contributed by atoms with van der Waals surface area (Å²) in [5, 5.41) is 5.21. The molecule has 2 aliphatic carbocycles. The minimum Gasteiger partial charge on any atom is -0.256 e. The molecule has 9 rings (SSSR count). The van der Waals surface area contributed by atoms with Gasteiger partial charge in [-0.05, 0) is 111 Å². The Kier molecular flexibility index (Phi) is 7.60. The van der Waals surface area contributed by atoms with E-state index in [9.17, 15) is 0 Å². The molecule has 49 heavy (non-hydrogen) atoms. The number of hydrogen-bond donors (Lipinski definition) is 0. The molecule has 1 nitrogen and oxygen atoms in total. The molecule has 0 radical (unpaired) electrons. The molecule has 0 spiro atoms. The molecule has 0 fully saturated rings. The average Bonchev–Trinajstić information content (AvgIpc) is 3.74. The zero-order valence-electron chi connectivity index (χ0n) is 27.5. The summed E-state index contributed by atoms with van der Waals surface area (Å²) in [4.78, 5) is 7.84. The fourth-order valence-electron chi connectivity index (χ4n) is 7.61. The molecule has 0 unspecified atom stereocenters. The lowest BCUT2D eigenvalue weighted by Gasteiger charge is -2.12. The number of fused-ring (bicyclic) bond motifs is 7. The van der Waals surface area contributed by atoms with E-state index in [1.807, 2.05) is 34.9 Å². The van der Waals surface area contributed by atoms with Gasteiger partial charge in [-0.3, -0.25) is 4.98 Å². The number of aromatic nitrogens is 1. The first-order chi connectivity index (χ1) is 24.2. The molecule has 0 amide bonds. The van der Waals surface area contributed by atoms with Crippen LogP contribution in [0.25, 0.3) is 76.6 Å². The van der Waals surface area contributed by atoms with Crippen molar-refractivity contribution in [2.45, 2.75) is 32.6 Å². The maximum Gasteiger partial charge on any atom is 0.0716 e. The van der Waals surface area contributed by atoms with Crippen molar-refractivity contribution in [2.24, 2.45) is 0 Å². The van der Waals surface area contributed by atoms with Crippen LogP contribution in [0.1, 0.15) is 51.8 Å². The van der Waals surface area contributed by atoms with Crippen molar-refractivity contribution in [1.82, 2.24) is 4.98 Å². The first-order valence-corrected chi connectivity index (χ1v) is 18.7. The average molecular weight is 666 g/mol. The van der Waals surface area contributed by atoms with Gasteiger partial charge in [0.2, 0.25) is 0 Å². The van der Waals surface area contributed by atoms with E-state index in [0.29, 0.717) is 0 Å². The van der Waals surface area contributed by atoms with Crippen LogP contribution in [-0.2, 0) is 12.8 Å². The molecular weight excluding hydrogens is 631 g/mol. The SMILES string of the molecule is C=C/C(=C\C=C(/C)c1cccc2c3c(sc12)C=CCC3)c1cccc2c(-c3ccc(-c4cccc5c6c(sc45)C=CCC6)nc3)cccc12. The monoisotopic (exact) mass is 665 g/mol. The van der Waals surface area contributed by atoms with Crippen LogP contribution in [-0.4, -0.2) is 4.98 Å². The van der Waals surface area contributed by atoms with Gasteiger partial charge in [-0.15, -0.1) is 22.7 Å². The number of benzene rings is 4. The summed E-state index contributed by atoms with van der Waals surface area (Å²) in [6, 6.07) is 31.0. The summed E-state index contributed by atoms with van der Waals surface area (Å²) < 4.78 is 2.73. The van der Waals surface area contributed by atoms with Crippen LogP contribution in [0, 0.1) is 0 Å².